The zero-order chi connectivity index (χ0) is 14.4. The lowest BCUT2D eigenvalue weighted by molar-refractivity contribution is 0.344. The first kappa shape index (κ1) is 12.7. The number of fused-ring (bicyclic) bond motifs is 5. The summed E-state index contributed by atoms with van der Waals surface area (Å²) in [5.41, 5.74) is 2.18. The number of nitrogens with zero attached hydrogens (tertiary/aromatic N) is 2. The highest BCUT2D eigenvalue weighted by molar-refractivity contribution is 6.30. The van der Waals surface area contributed by atoms with Gasteiger partial charge in [0.1, 0.15) is 11.5 Å². The summed E-state index contributed by atoms with van der Waals surface area (Å²) >= 11 is 6.15. The standard InChI is InChI=1S/C16H13ClN2O2/c17-10-5-6-16-12(7-10)14-9-19(18-20)8-13(14)11-3-1-2-4-15(11)21-16/h1-7,13-14H,8-9H2/t13-,14-/m1/s1. The number of ether oxygens (including phenoxy) is 1. The fourth-order valence-corrected chi connectivity index (χ4v) is 3.56. The Morgan fingerprint density at radius 3 is 2.57 bits per heavy atom. The molecular weight excluding hydrogens is 288 g/mol. The first-order chi connectivity index (χ1) is 10.3. The number of halogens is 1. The molecule has 0 saturated carbocycles. The third-order valence-corrected chi connectivity index (χ3v) is 4.56. The predicted octanol–water partition coefficient (Wildman–Crippen LogP) is 4.31. The lowest BCUT2D eigenvalue weighted by atomic mass is 9.84. The summed E-state index contributed by atoms with van der Waals surface area (Å²) in [6.07, 6.45) is 0. The number of nitroso groups, excluding NO2 is 1. The largest absolute Gasteiger partial charge is 0.457 e. The monoisotopic (exact) mass is 300 g/mol. The number of para-hydroxylation sites is 1. The predicted molar refractivity (Wildman–Crippen MR) is 80.8 cm³/mol. The highest BCUT2D eigenvalue weighted by Gasteiger charge is 2.40. The molecule has 0 bridgehead atoms. The van der Waals surface area contributed by atoms with Crippen molar-refractivity contribution in [2.75, 3.05) is 13.1 Å². The molecule has 0 amide bonds. The minimum absolute atomic E-state index is 0.167. The molecule has 4 nitrogen and oxygen atoms in total. The molecule has 1 saturated heterocycles. The third-order valence-electron chi connectivity index (χ3n) is 4.33. The molecule has 2 aliphatic rings. The molecule has 0 radical (unpaired) electrons. The van der Waals surface area contributed by atoms with E-state index in [9.17, 15) is 4.91 Å². The molecule has 5 heteroatoms. The quantitative estimate of drug-likeness (QED) is 0.737. The van der Waals surface area contributed by atoms with E-state index < -0.39 is 0 Å². The van der Waals surface area contributed by atoms with E-state index in [1.165, 1.54) is 0 Å². The molecule has 0 N–H and O–H groups in total. The summed E-state index contributed by atoms with van der Waals surface area (Å²) in [4.78, 5) is 10.9. The van der Waals surface area contributed by atoms with Gasteiger partial charge in [0.2, 0.25) is 0 Å². The fraction of sp³-hybridized carbons (Fsp3) is 0.250. The molecule has 2 aromatic carbocycles. The normalized spacial score (nSPS) is 22.6. The molecule has 0 aliphatic carbocycles. The number of hydrogen-bond donors (Lipinski definition) is 0. The molecule has 21 heavy (non-hydrogen) atoms. The van der Waals surface area contributed by atoms with Gasteiger partial charge < -0.3 is 4.74 Å². The second kappa shape index (κ2) is 4.74. The maximum Gasteiger partial charge on any atom is 0.131 e. The van der Waals surface area contributed by atoms with Crippen LogP contribution in [-0.4, -0.2) is 18.1 Å². The highest BCUT2D eigenvalue weighted by atomic mass is 35.5. The summed E-state index contributed by atoms with van der Waals surface area (Å²) in [5.74, 6) is 2.02. The van der Waals surface area contributed by atoms with Crippen molar-refractivity contribution in [3.63, 3.8) is 0 Å². The second-order valence-corrected chi connectivity index (χ2v) is 5.92. The van der Waals surface area contributed by atoms with Gasteiger partial charge in [0.25, 0.3) is 0 Å². The van der Waals surface area contributed by atoms with Gasteiger partial charge in [-0.2, -0.15) is 0 Å². The molecule has 2 atom stereocenters. The third kappa shape index (κ3) is 1.98. The topological polar surface area (TPSA) is 41.9 Å². The Hall–Kier alpha value is -2.07. The van der Waals surface area contributed by atoms with E-state index in [4.69, 9.17) is 16.3 Å². The molecule has 2 aromatic rings. The maximum absolute atomic E-state index is 10.9. The number of hydrogen-bond acceptors (Lipinski definition) is 3. The fourth-order valence-electron chi connectivity index (χ4n) is 3.38. The van der Waals surface area contributed by atoms with Gasteiger partial charge in [0.05, 0.1) is 5.29 Å². The van der Waals surface area contributed by atoms with Crippen molar-refractivity contribution in [1.82, 2.24) is 5.01 Å². The van der Waals surface area contributed by atoms with Crippen LogP contribution in [0.3, 0.4) is 0 Å². The molecular formula is C16H13ClN2O2. The minimum atomic E-state index is 0.167. The zero-order valence-corrected chi connectivity index (χ0v) is 12.0. The van der Waals surface area contributed by atoms with Gasteiger partial charge in [-0.05, 0) is 24.3 Å². The first-order valence-corrected chi connectivity index (χ1v) is 7.28. The van der Waals surface area contributed by atoms with Crippen molar-refractivity contribution < 1.29 is 4.74 Å². The number of benzene rings is 2. The average molecular weight is 301 g/mol. The molecule has 2 aliphatic heterocycles. The van der Waals surface area contributed by atoms with Crippen LogP contribution in [-0.2, 0) is 0 Å². The summed E-state index contributed by atoms with van der Waals surface area (Å²) in [5, 5.41) is 5.39. The van der Waals surface area contributed by atoms with Crippen LogP contribution in [0, 0.1) is 4.91 Å². The van der Waals surface area contributed by atoms with Crippen LogP contribution in [0.2, 0.25) is 5.02 Å². The molecule has 0 aromatic heterocycles. The Balaban J connectivity index is 1.91. The van der Waals surface area contributed by atoms with Crippen LogP contribution >= 0.6 is 11.6 Å². The van der Waals surface area contributed by atoms with Gasteiger partial charge in [0, 0.05) is 41.1 Å². The van der Waals surface area contributed by atoms with Crippen molar-refractivity contribution >= 4 is 11.6 Å². The second-order valence-electron chi connectivity index (χ2n) is 5.49. The van der Waals surface area contributed by atoms with Crippen molar-refractivity contribution in [3.8, 4) is 11.5 Å². The Kier molecular flexibility index (Phi) is 2.86. The highest BCUT2D eigenvalue weighted by Crippen LogP contribution is 2.50. The van der Waals surface area contributed by atoms with Crippen LogP contribution in [0.4, 0.5) is 0 Å². The zero-order valence-electron chi connectivity index (χ0n) is 11.2. The van der Waals surface area contributed by atoms with Gasteiger partial charge in [-0.3, -0.25) is 5.01 Å². The molecule has 0 unspecified atom stereocenters. The maximum atomic E-state index is 10.9. The van der Waals surface area contributed by atoms with Crippen molar-refractivity contribution in [3.05, 3.63) is 63.5 Å². The van der Waals surface area contributed by atoms with E-state index in [1.54, 1.807) is 5.01 Å². The summed E-state index contributed by atoms with van der Waals surface area (Å²) in [6.45, 7) is 1.21. The van der Waals surface area contributed by atoms with Crippen molar-refractivity contribution in [2.24, 2.45) is 5.29 Å². The van der Waals surface area contributed by atoms with E-state index in [0.717, 1.165) is 22.6 Å². The van der Waals surface area contributed by atoms with Gasteiger partial charge in [-0.25, -0.2) is 0 Å². The van der Waals surface area contributed by atoms with Crippen molar-refractivity contribution in [1.29, 1.82) is 0 Å². The summed E-state index contributed by atoms with van der Waals surface area (Å²) < 4.78 is 6.08. The molecule has 106 valence electrons. The van der Waals surface area contributed by atoms with Gasteiger partial charge >= 0.3 is 0 Å². The van der Waals surface area contributed by atoms with Crippen LogP contribution in [0.1, 0.15) is 23.0 Å². The molecule has 4 rings (SSSR count). The van der Waals surface area contributed by atoms with Crippen LogP contribution < -0.4 is 4.74 Å². The average Bonchev–Trinajstić information content (AvgIpc) is 2.89. The lowest BCUT2D eigenvalue weighted by Gasteiger charge is -2.16. The van der Waals surface area contributed by atoms with E-state index in [2.05, 4.69) is 11.4 Å². The smallest absolute Gasteiger partial charge is 0.131 e. The Bertz CT molecular complexity index is 719. The minimum Gasteiger partial charge on any atom is -0.457 e. The Morgan fingerprint density at radius 2 is 1.76 bits per heavy atom. The summed E-state index contributed by atoms with van der Waals surface area (Å²) in [7, 11) is 0. The number of rotatable bonds is 1. The Morgan fingerprint density at radius 1 is 1.05 bits per heavy atom. The van der Waals surface area contributed by atoms with E-state index in [-0.39, 0.29) is 11.8 Å². The first-order valence-electron chi connectivity index (χ1n) is 6.90. The lowest BCUT2D eigenvalue weighted by Crippen LogP contribution is -2.12. The van der Waals surface area contributed by atoms with Crippen molar-refractivity contribution in [2.45, 2.75) is 11.8 Å². The molecule has 2 heterocycles. The molecule has 0 spiro atoms. The van der Waals surface area contributed by atoms with E-state index in [0.29, 0.717) is 18.1 Å². The van der Waals surface area contributed by atoms with Crippen LogP contribution in [0.5, 0.6) is 11.5 Å². The van der Waals surface area contributed by atoms with E-state index in [1.807, 2.05) is 36.4 Å². The van der Waals surface area contributed by atoms with Crippen LogP contribution in [0.15, 0.2) is 47.8 Å². The Labute approximate surface area is 127 Å². The SMILES string of the molecule is O=NN1C[C@@H]2c3ccccc3Oc3ccc(Cl)cc3[C@H]2C1. The van der Waals surface area contributed by atoms with E-state index >= 15 is 0 Å². The van der Waals surface area contributed by atoms with Gasteiger partial charge in [0.15, 0.2) is 0 Å². The van der Waals surface area contributed by atoms with Gasteiger partial charge in [-0.15, -0.1) is 4.91 Å². The van der Waals surface area contributed by atoms with Gasteiger partial charge in [-0.1, -0.05) is 29.8 Å². The summed E-state index contributed by atoms with van der Waals surface area (Å²) in [6, 6.07) is 13.6. The molecule has 1 fully saturated rings. The van der Waals surface area contributed by atoms with Crippen LogP contribution in [0.25, 0.3) is 0 Å².